The number of ketones is 1. The molecular formula is C30H50N2O2. The second kappa shape index (κ2) is 7.56. The van der Waals surface area contributed by atoms with Crippen LogP contribution in [0.15, 0.2) is 0 Å². The summed E-state index contributed by atoms with van der Waals surface area (Å²) in [5, 5.41) is 3.41. The van der Waals surface area contributed by atoms with Gasteiger partial charge in [0.05, 0.1) is 0 Å². The molecule has 0 saturated heterocycles. The van der Waals surface area contributed by atoms with Gasteiger partial charge in [-0.25, -0.2) is 0 Å². The predicted octanol–water partition coefficient (Wildman–Crippen LogP) is 5.84. The molecule has 0 radical (unpaired) electrons. The minimum atomic E-state index is -0.0733. The summed E-state index contributed by atoms with van der Waals surface area (Å²) in [5.74, 6) is 2.52. The van der Waals surface area contributed by atoms with Crippen LogP contribution in [-0.4, -0.2) is 42.8 Å². The van der Waals surface area contributed by atoms with Gasteiger partial charge in [0.25, 0.3) is 0 Å². The first kappa shape index (κ1) is 24.8. The first-order valence-electron chi connectivity index (χ1n) is 14.3. The summed E-state index contributed by atoms with van der Waals surface area (Å²) >= 11 is 0. The van der Waals surface area contributed by atoms with Crippen LogP contribution in [-0.2, 0) is 9.59 Å². The van der Waals surface area contributed by atoms with Crippen molar-refractivity contribution in [2.24, 2.45) is 44.8 Å². The van der Waals surface area contributed by atoms with E-state index in [1.54, 1.807) is 0 Å². The third-order valence-corrected chi connectivity index (χ3v) is 13.1. The molecule has 0 bridgehead atoms. The van der Waals surface area contributed by atoms with Crippen LogP contribution >= 0.6 is 0 Å². The van der Waals surface area contributed by atoms with Crippen molar-refractivity contribution in [2.75, 3.05) is 14.1 Å². The highest BCUT2D eigenvalue weighted by molar-refractivity contribution is 5.92. The molecule has 0 aromatic carbocycles. The second-order valence-electron chi connectivity index (χ2n) is 14.5. The van der Waals surface area contributed by atoms with E-state index in [1.807, 2.05) is 0 Å². The van der Waals surface area contributed by atoms with Gasteiger partial charge in [0, 0.05) is 30.3 Å². The molecule has 192 valence electrons. The molecule has 9 unspecified atom stereocenters. The molecule has 5 fully saturated rings. The van der Waals surface area contributed by atoms with Crippen LogP contribution in [0.1, 0.15) is 106 Å². The lowest BCUT2D eigenvalue weighted by atomic mass is 9.41. The maximum atomic E-state index is 14.3. The Balaban J connectivity index is 1.46. The fraction of sp³-hybridized carbons (Fsp3) is 0.933. The molecule has 5 aliphatic rings. The number of hydrogen-bond acceptors (Lipinski definition) is 3. The fourth-order valence-electron chi connectivity index (χ4n) is 11.0. The maximum Gasteiger partial charge on any atom is 0.220 e. The summed E-state index contributed by atoms with van der Waals surface area (Å²) in [7, 11) is 4.41. The highest BCUT2D eigenvalue weighted by Crippen LogP contribution is 2.87. The topological polar surface area (TPSA) is 49.4 Å². The van der Waals surface area contributed by atoms with E-state index in [9.17, 15) is 9.59 Å². The van der Waals surface area contributed by atoms with Crippen LogP contribution < -0.4 is 5.32 Å². The Bertz CT molecular complexity index is 881. The van der Waals surface area contributed by atoms with Crippen LogP contribution in [0.4, 0.5) is 0 Å². The lowest BCUT2D eigenvalue weighted by Gasteiger charge is -2.63. The summed E-state index contributed by atoms with van der Waals surface area (Å²) in [5.41, 5.74) is 0.547. The highest BCUT2D eigenvalue weighted by Gasteiger charge is 2.85. The molecule has 1 N–H and O–H groups in total. The predicted molar refractivity (Wildman–Crippen MR) is 137 cm³/mol. The number of Topliss-reactive ketones (excluding diaryl/α,β-unsaturated/α-hetero) is 1. The summed E-state index contributed by atoms with van der Waals surface area (Å²) in [6, 6.07) is 0.756. The van der Waals surface area contributed by atoms with Crippen LogP contribution in [0, 0.1) is 44.8 Å². The van der Waals surface area contributed by atoms with Gasteiger partial charge in [-0.05, 0) is 112 Å². The van der Waals surface area contributed by atoms with Gasteiger partial charge in [-0.2, -0.15) is 0 Å². The highest BCUT2D eigenvalue weighted by atomic mass is 16.1. The molecule has 0 heterocycles. The van der Waals surface area contributed by atoms with Crippen molar-refractivity contribution in [2.45, 2.75) is 118 Å². The molecule has 1 amide bonds. The lowest BCUT2D eigenvalue weighted by Crippen LogP contribution is -2.62. The van der Waals surface area contributed by atoms with Gasteiger partial charge in [-0.1, -0.05) is 34.6 Å². The molecule has 0 aliphatic heterocycles. The smallest absolute Gasteiger partial charge is 0.220 e. The van der Waals surface area contributed by atoms with E-state index < -0.39 is 0 Å². The van der Waals surface area contributed by atoms with Crippen LogP contribution in [0.5, 0.6) is 0 Å². The molecule has 4 nitrogen and oxygen atoms in total. The van der Waals surface area contributed by atoms with E-state index in [-0.39, 0.29) is 39.0 Å². The Morgan fingerprint density at radius 1 is 1.03 bits per heavy atom. The third-order valence-electron chi connectivity index (χ3n) is 13.1. The largest absolute Gasteiger partial charge is 0.353 e. The Kier molecular flexibility index (Phi) is 5.51. The van der Waals surface area contributed by atoms with Gasteiger partial charge in [0.2, 0.25) is 5.91 Å². The standard InChI is InChI=1S/C30H50N2O2/c1-9-10-25(34)31-23-14-16-29-18-30(29)22(12-11-21(29)26(23,3)4)27(5)15-13-20(19(2)32(7)8)28(27,6)17-24(30)33/h19-23H,9-18H2,1-8H3,(H,31,34). The monoisotopic (exact) mass is 470 g/mol. The zero-order valence-corrected chi connectivity index (χ0v) is 23.2. The quantitative estimate of drug-likeness (QED) is 0.549. The van der Waals surface area contributed by atoms with Crippen LogP contribution in [0.25, 0.3) is 0 Å². The number of amides is 1. The normalized spacial score (nSPS) is 49.5. The molecule has 0 aromatic heterocycles. The number of hydrogen-bond donors (Lipinski definition) is 1. The molecular weight excluding hydrogens is 420 g/mol. The number of fused-ring (bicyclic) bond motifs is 2. The van der Waals surface area contributed by atoms with E-state index in [0.717, 1.165) is 32.1 Å². The molecule has 4 heteroatoms. The number of nitrogens with one attached hydrogen (secondary N) is 1. The number of rotatable bonds is 5. The van der Waals surface area contributed by atoms with Gasteiger partial charge >= 0.3 is 0 Å². The van der Waals surface area contributed by atoms with Crippen molar-refractivity contribution in [1.29, 1.82) is 0 Å². The Hall–Kier alpha value is -0.900. The van der Waals surface area contributed by atoms with Crippen molar-refractivity contribution in [3.05, 3.63) is 0 Å². The SMILES string of the molecule is CCCC(=O)NC1CCC23CC24C(=O)CC2(C)C(C(C)N(C)C)CCC2(C)C4CCC3C1(C)C. The summed E-state index contributed by atoms with van der Waals surface area (Å²) in [6.07, 6.45) is 10.6. The first-order valence-corrected chi connectivity index (χ1v) is 14.3. The Morgan fingerprint density at radius 3 is 2.35 bits per heavy atom. The zero-order valence-electron chi connectivity index (χ0n) is 23.2. The minimum absolute atomic E-state index is 0.0513. The van der Waals surface area contributed by atoms with Gasteiger partial charge in [0.1, 0.15) is 5.78 Å². The van der Waals surface area contributed by atoms with Gasteiger partial charge < -0.3 is 10.2 Å². The van der Waals surface area contributed by atoms with E-state index in [0.29, 0.717) is 36.0 Å². The van der Waals surface area contributed by atoms with E-state index in [2.05, 4.69) is 65.9 Å². The van der Waals surface area contributed by atoms with Crippen LogP contribution in [0.2, 0.25) is 0 Å². The van der Waals surface area contributed by atoms with Crippen LogP contribution in [0.3, 0.4) is 0 Å². The number of carbonyl (C=O) groups is 2. The fourth-order valence-corrected chi connectivity index (χ4v) is 11.0. The summed E-state index contributed by atoms with van der Waals surface area (Å²) in [4.78, 5) is 29.2. The number of carbonyl (C=O) groups excluding carboxylic acids is 2. The zero-order chi connectivity index (χ0) is 24.9. The molecule has 5 aliphatic carbocycles. The lowest BCUT2D eigenvalue weighted by molar-refractivity contribution is -0.170. The van der Waals surface area contributed by atoms with Gasteiger partial charge in [0.15, 0.2) is 0 Å². The molecule has 2 spiro atoms. The molecule has 9 atom stereocenters. The van der Waals surface area contributed by atoms with E-state index in [4.69, 9.17) is 0 Å². The first-order chi connectivity index (χ1) is 15.8. The van der Waals surface area contributed by atoms with Crippen molar-refractivity contribution in [3.63, 3.8) is 0 Å². The molecule has 0 aromatic rings. The molecule has 34 heavy (non-hydrogen) atoms. The van der Waals surface area contributed by atoms with Crippen molar-refractivity contribution in [3.8, 4) is 0 Å². The Morgan fingerprint density at radius 2 is 1.71 bits per heavy atom. The van der Waals surface area contributed by atoms with Crippen molar-refractivity contribution >= 4 is 11.7 Å². The third kappa shape index (κ3) is 2.81. The molecule has 5 saturated carbocycles. The number of nitrogens with zero attached hydrogens (tertiary/aromatic N) is 1. The maximum absolute atomic E-state index is 14.3. The molecule has 5 rings (SSSR count). The second-order valence-corrected chi connectivity index (χ2v) is 14.5. The van der Waals surface area contributed by atoms with Gasteiger partial charge in [-0.3, -0.25) is 9.59 Å². The minimum Gasteiger partial charge on any atom is -0.353 e. The van der Waals surface area contributed by atoms with Crippen molar-refractivity contribution in [1.82, 2.24) is 10.2 Å². The van der Waals surface area contributed by atoms with Crippen molar-refractivity contribution < 1.29 is 9.59 Å². The van der Waals surface area contributed by atoms with E-state index in [1.165, 1.54) is 25.7 Å². The Labute approximate surface area is 208 Å². The van der Waals surface area contributed by atoms with E-state index >= 15 is 0 Å². The summed E-state index contributed by atoms with van der Waals surface area (Å²) < 4.78 is 0. The average molecular weight is 471 g/mol. The van der Waals surface area contributed by atoms with Gasteiger partial charge in [-0.15, -0.1) is 0 Å². The summed E-state index contributed by atoms with van der Waals surface area (Å²) in [6.45, 7) is 14.3. The average Bonchev–Trinajstić information content (AvgIpc) is 3.37.